The van der Waals surface area contributed by atoms with Crippen LogP contribution in [0.15, 0.2) is 36.4 Å². The monoisotopic (exact) mass is 404 g/mol. The number of halogens is 4. The molecule has 26 heavy (non-hydrogen) atoms. The highest BCUT2D eigenvalue weighted by Gasteiger charge is 2.32. The maximum atomic E-state index is 12.9. The molecule has 0 unspecified atom stereocenters. The number of alkyl halides is 3. The van der Waals surface area contributed by atoms with Crippen molar-refractivity contribution in [3.05, 3.63) is 52.5 Å². The summed E-state index contributed by atoms with van der Waals surface area (Å²) in [5, 5.41) is 1.85. The van der Waals surface area contributed by atoms with Crippen molar-refractivity contribution in [2.24, 2.45) is 5.73 Å². The summed E-state index contributed by atoms with van der Waals surface area (Å²) in [6.07, 6.45) is -4.66. The van der Waals surface area contributed by atoms with Crippen LogP contribution in [0, 0.1) is 0 Å². The number of nitrogens with two attached hydrogens (primary N) is 2. The number of amides is 3. The van der Waals surface area contributed by atoms with Gasteiger partial charge >= 0.3 is 12.2 Å². The highest BCUT2D eigenvalue weighted by atomic mass is 35.5. The Morgan fingerprint density at radius 1 is 1.15 bits per heavy atom. The number of anilines is 3. The molecule has 3 amide bonds. The first-order chi connectivity index (χ1) is 12.0. The van der Waals surface area contributed by atoms with Crippen molar-refractivity contribution >= 4 is 53.4 Å². The van der Waals surface area contributed by atoms with Gasteiger partial charge in [0.05, 0.1) is 27.6 Å². The van der Waals surface area contributed by atoms with E-state index in [1.54, 1.807) is 0 Å². The van der Waals surface area contributed by atoms with Crippen LogP contribution in [0.25, 0.3) is 0 Å². The first-order valence-electron chi connectivity index (χ1n) is 6.86. The molecule has 2 aromatic carbocycles. The van der Waals surface area contributed by atoms with Gasteiger partial charge in [-0.3, -0.25) is 4.79 Å². The molecule has 0 saturated heterocycles. The van der Waals surface area contributed by atoms with Gasteiger partial charge in [0, 0.05) is 5.56 Å². The van der Waals surface area contributed by atoms with Crippen molar-refractivity contribution in [1.29, 1.82) is 0 Å². The molecule has 0 spiro atoms. The van der Waals surface area contributed by atoms with Crippen LogP contribution in [0.5, 0.6) is 0 Å². The fraction of sp³-hybridized carbons (Fsp3) is 0.0667. The molecule has 2 rings (SSSR count). The van der Waals surface area contributed by atoms with Gasteiger partial charge in [-0.1, -0.05) is 24.4 Å². The third-order valence-corrected chi connectivity index (χ3v) is 4.01. The highest BCUT2D eigenvalue weighted by Crippen LogP contribution is 2.37. The first-order valence-corrected chi connectivity index (χ1v) is 7.64. The summed E-state index contributed by atoms with van der Waals surface area (Å²) in [5.74, 6) is -0.655. The molecule has 5 N–H and O–H groups in total. The third-order valence-electron chi connectivity index (χ3n) is 3.29. The molecule has 0 fully saturated rings. The predicted octanol–water partition coefficient (Wildman–Crippen LogP) is 3.92. The molecular formula is C15H12ClF3N4O2S. The molecule has 0 saturated carbocycles. The van der Waals surface area contributed by atoms with E-state index in [2.05, 4.69) is 18.1 Å². The molecule has 0 aliphatic carbocycles. The summed E-state index contributed by atoms with van der Waals surface area (Å²) >= 11 is 9.68. The molecule has 0 aliphatic rings. The van der Waals surface area contributed by atoms with E-state index < -0.39 is 23.7 Å². The van der Waals surface area contributed by atoms with E-state index in [0.717, 1.165) is 4.31 Å². The van der Waals surface area contributed by atoms with E-state index in [4.69, 9.17) is 23.1 Å². The minimum atomic E-state index is -4.66. The zero-order valence-corrected chi connectivity index (χ0v) is 14.5. The Morgan fingerprint density at radius 2 is 1.73 bits per heavy atom. The maximum absolute atomic E-state index is 12.9. The van der Waals surface area contributed by atoms with Crippen molar-refractivity contribution in [2.45, 2.75) is 6.18 Å². The summed E-state index contributed by atoms with van der Waals surface area (Å²) < 4.78 is 39.4. The molecule has 6 nitrogen and oxygen atoms in total. The molecule has 0 aliphatic heterocycles. The lowest BCUT2D eigenvalue weighted by molar-refractivity contribution is -0.137. The molecule has 138 valence electrons. The topological polar surface area (TPSA) is 101 Å². The van der Waals surface area contributed by atoms with Crippen molar-refractivity contribution in [3.63, 3.8) is 0 Å². The maximum Gasteiger partial charge on any atom is 0.416 e. The zero-order valence-electron chi connectivity index (χ0n) is 12.8. The average molecular weight is 405 g/mol. The van der Waals surface area contributed by atoms with Crippen LogP contribution in [-0.4, -0.2) is 11.9 Å². The number of hydrogen-bond acceptors (Lipinski definition) is 4. The van der Waals surface area contributed by atoms with Gasteiger partial charge < -0.3 is 16.8 Å². The van der Waals surface area contributed by atoms with Crippen molar-refractivity contribution in [2.75, 3.05) is 15.4 Å². The van der Waals surface area contributed by atoms with Gasteiger partial charge in [0.2, 0.25) is 5.91 Å². The van der Waals surface area contributed by atoms with E-state index in [9.17, 15) is 22.8 Å². The predicted molar refractivity (Wildman–Crippen MR) is 96.3 cm³/mol. The van der Waals surface area contributed by atoms with Gasteiger partial charge in [-0.2, -0.15) is 13.2 Å². The summed E-state index contributed by atoms with van der Waals surface area (Å²) in [5.41, 5.74) is 9.59. The Balaban J connectivity index is 2.26. The molecule has 0 bridgehead atoms. The summed E-state index contributed by atoms with van der Waals surface area (Å²) in [6.45, 7) is 0. The van der Waals surface area contributed by atoms with Crippen molar-refractivity contribution in [3.8, 4) is 0 Å². The van der Waals surface area contributed by atoms with Gasteiger partial charge in [-0.25, -0.2) is 9.10 Å². The van der Waals surface area contributed by atoms with Crippen LogP contribution in [0.4, 0.5) is 35.0 Å². The Kier molecular flexibility index (Phi) is 5.57. The van der Waals surface area contributed by atoms with Crippen LogP contribution in [-0.2, 0) is 6.18 Å². The second-order valence-electron chi connectivity index (χ2n) is 5.07. The number of nitrogens with one attached hydrogen (secondary N) is 1. The average Bonchev–Trinajstić information content (AvgIpc) is 2.57. The van der Waals surface area contributed by atoms with E-state index >= 15 is 0 Å². The molecule has 0 radical (unpaired) electrons. The standard InChI is InChI=1S/C15H12ClF3N4O2S/c16-10-5-8(15(17,18)19)6-11(12(10)20)22-14(25)23(26)9-3-1-7(2-4-9)13(21)24/h1-6,26H,20H2,(H2,21,24)(H,22,25). The van der Waals surface area contributed by atoms with Crippen LogP contribution in [0.2, 0.25) is 5.02 Å². The summed E-state index contributed by atoms with van der Waals surface area (Å²) in [4.78, 5) is 23.3. The Labute approximate surface area is 156 Å². The molecule has 0 heterocycles. The Morgan fingerprint density at radius 3 is 2.23 bits per heavy atom. The number of carbonyl (C=O) groups excluding carboxylic acids is 2. The van der Waals surface area contributed by atoms with Crippen LogP contribution >= 0.6 is 24.4 Å². The van der Waals surface area contributed by atoms with Crippen LogP contribution < -0.4 is 21.1 Å². The van der Waals surface area contributed by atoms with Gasteiger partial charge in [0.1, 0.15) is 0 Å². The number of nitrogen functional groups attached to an aromatic ring is 1. The number of hydrogen-bond donors (Lipinski definition) is 4. The first kappa shape index (κ1) is 19.7. The normalized spacial score (nSPS) is 11.1. The number of benzene rings is 2. The van der Waals surface area contributed by atoms with E-state index in [1.165, 1.54) is 24.3 Å². The lowest BCUT2D eigenvalue weighted by atomic mass is 10.1. The number of urea groups is 1. The van der Waals surface area contributed by atoms with Gasteiger partial charge in [-0.05, 0) is 36.4 Å². The van der Waals surface area contributed by atoms with Crippen molar-refractivity contribution in [1.82, 2.24) is 0 Å². The smallest absolute Gasteiger partial charge is 0.396 e. The molecule has 0 atom stereocenters. The number of primary amides is 1. The molecular weight excluding hydrogens is 393 g/mol. The number of thiol groups is 1. The second kappa shape index (κ2) is 7.34. The van der Waals surface area contributed by atoms with Gasteiger partial charge in [0.25, 0.3) is 0 Å². The summed E-state index contributed by atoms with van der Waals surface area (Å²) in [6, 6.07) is 5.93. The number of nitrogens with zero attached hydrogens (tertiary/aromatic N) is 1. The van der Waals surface area contributed by atoms with Gasteiger partial charge in [0.15, 0.2) is 0 Å². The quantitative estimate of drug-likeness (QED) is 0.460. The van der Waals surface area contributed by atoms with Crippen LogP contribution in [0.3, 0.4) is 0 Å². The van der Waals surface area contributed by atoms with Crippen LogP contribution in [0.1, 0.15) is 15.9 Å². The largest absolute Gasteiger partial charge is 0.416 e. The number of rotatable bonds is 3. The highest BCUT2D eigenvalue weighted by molar-refractivity contribution is 7.82. The molecule has 2 aromatic rings. The van der Waals surface area contributed by atoms with Crippen molar-refractivity contribution < 1.29 is 22.8 Å². The lowest BCUT2D eigenvalue weighted by Crippen LogP contribution is -2.27. The zero-order chi connectivity index (χ0) is 19.6. The fourth-order valence-electron chi connectivity index (χ4n) is 1.94. The fourth-order valence-corrected chi connectivity index (χ4v) is 2.34. The SMILES string of the molecule is NC(=O)c1ccc(N(S)C(=O)Nc2cc(C(F)(F)F)cc(Cl)c2N)cc1. The summed E-state index contributed by atoms with van der Waals surface area (Å²) in [7, 11) is 0. The minimum absolute atomic E-state index is 0.213. The lowest BCUT2D eigenvalue weighted by Gasteiger charge is -2.19. The minimum Gasteiger partial charge on any atom is -0.396 e. The van der Waals surface area contributed by atoms with E-state index in [1.807, 2.05) is 0 Å². The van der Waals surface area contributed by atoms with E-state index in [0.29, 0.717) is 12.1 Å². The second-order valence-corrected chi connectivity index (χ2v) is 5.88. The van der Waals surface area contributed by atoms with E-state index in [-0.39, 0.29) is 27.6 Å². The molecule has 0 aromatic heterocycles. The number of carbonyl (C=O) groups is 2. The van der Waals surface area contributed by atoms with Gasteiger partial charge in [-0.15, -0.1) is 0 Å². The molecule has 11 heteroatoms. The Bertz CT molecular complexity index is 859. The third kappa shape index (κ3) is 4.33. The Hall–Kier alpha value is -2.59.